The fourth-order valence-corrected chi connectivity index (χ4v) is 3.51. The number of methoxy groups -OCH3 is 2. The van der Waals surface area contributed by atoms with Crippen LogP contribution in [0, 0.1) is 11.8 Å². The van der Waals surface area contributed by atoms with Gasteiger partial charge in [0.25, 0.3) is 0 Å². The Kier molecular flexibility index (Phi) is 16.1. The van der Waals surface area contributed by atoms with Gasteiger partial charge in [0.15, 0.2) is 0 Å². The summed E-state index contributed by atoms with van der Waals surface area (Å²) in [5, 5.41) is 0. The average molecular weight is 413 g/mol. The summed E-state index contributed by atoms with van der Waals surface area (Å²) in [7, 11) is 2.66. The Hall–Kier alpha value is -1.72. The van der Waals surface area contributed by atoms with Gasteiger partial charge in [-0.05, 0) is 26.2 Å². The summed E-state index contributed by atoms with van der Waals surface area (Å²) >= 11 is 0. The van der Waals surface area contributed by atoms with Crippen molar-refractivity contribution in [1.29, 1.82) is 0 Å². The monoisotopic (exact) mass is 412 g/mol. The molecular weight excluding hydrogens is 372 g/mol. The van der Waals surface area contributed by atoms with Gasteiger partial charge in [-0.25, -0.2) is 0 Å². The normalized spacial score (nSPS) is 12.8. The number of hydrogen-bond donors (Lipinski definition) is 0. The quantitative estimate of drug-likeness (QED) is 0.237. The highest BCUT2D eigenvalue weighted by molar-refractivity contribution is 5.87. The van der Waals surface area contributed by atoms with Gasteiger partial charge in [-0.3, -0.25) is 14.4 Å². The molecule has 0 aliphatic heterocycles. The molecule has 0 spiro atoms. The molecule has 6 heteroatoms. The van der Waals surface area contributed by atoms with E-state index in [0.29, 0.717) is 19.3 Å². The van der Waals surface area contributed by atoms with Crippen LogP contribution in [0.15, 0.2) is 0 Å². The highest BCUT2D eigenvalue weighted by Crippen LogP contribution is 2.22. The van der Waals surface area contributed by atoms with Crippen LogP contribution in [-0.2, 0) is 28.7 Å². The van der Waals surface area contributed by atoms with Crippen molar-refractivity contribution in [3.63, 3.8) is 0 Å². The van der Waals surface area contributed by atoms with Crippen LogP contribution < -0.4 is 0 Å². The third-order valence-electron chi connectivity index (χ3n) is 5.25. The highest BCUT2D eigenvalue weighted by Gasteiger charge is 2.27. The molecule has 29 heavy (non-hydrogen) atoms. The molecular formula is C23H40O6. The molecule has 0 aliphatic carbocycles. The van der Waals surface area contributed by atoms with Crippen molar-refractivity contribution in [2.45, 2.75) is 97.3 Å². The molecule has 0 aromatic carbocycles. The Morgan fingerprint density at radius 1 is 0.690 bits per heavy atom. The first kappa shape index (κ1) is 27.3. The zero-order valence-electron chi connectivity index (χ0n) is 18.8. The second-order valence-electron chi connectivity index (χ2n) is 7.89. The number of ketones is 2. The largest absolute Gasteiger partial charge is 0.469 e. The van der Waals surface area contributed by atoms with Crippen molar-refractivity contribution in [2.75, 3.05) is 14.2 Å². The molecule has 0 fully saturated rings. The van der Waals surface area contributed by atoms with E-state index in [0.717, 1.165) is 44.9 Å². The first-order valence-corrected chi connectivity index (χ1v) is 11.0. The predicted molar refractivity (Wildman–Crippen MR) is 112 cm³/mol. The van der Waals surface area contributed by atoms with E-state index in [1.54, 1.807) is 6.92 Å². The van der Waals surface area contributed by atoms with E-state index >= 15 is 0 Å². The maximum absolute atomic E-state index is 12.6. The number of esters is 2. The fraction of sp³-hybridized carbons (Fsp3) is 0.826. The number of carbonyl (C=O) groups excluding carboxylic acids is 4. The standard InChI is InChI=1S/C23H40O6/c1-5-6-7-8-11-14-19(22(26)28-3)16-21(25)17-20(23(27)29-4)15-12-9-10-13-18(2)24/h19-20H,5-17H2,1-4H3. The van der Waals surface area contributed by atoms with E-state index in [-0.39, 0.29) is 36.3 Å². The van der Waals surface area contributed by atoms with Gasteiger partial charge >= 0.3 is 11.9 Å². The maximum Gasteiger partial charge on any atom is 0.309 e. The Bertz CT molecular complexity index is 500. The van der Waals surface area contributed by atoms with Crippen LogP contribution in [0.4, 0.5) is 0 Å². The van der Waals surface area contributed by atoms with Crippen molar-refractivity contribution in [2.24, 2.45) is 11.8 Å². The average Bonchev–Trinajstić information content (AvgIpc) is 2.70. The Labute approximate surface area is 176 Å². The van der Waals surface area contributed by atoms with Gasteiger partial charge in [-0.15, -0.1) is 0 Å². The number of rotatable bonds is 18. The van der Waals surface area contributed by atoms with Crippen LogP contribution >= 0.6 is 0 Å². The number of ether oxygens (including phenoxy) is 2. The molecule has 0 heterocycles. The van der Waals surface area contributed by atoms with E-state index in [4.69, 9.17) is 9.47 Å². The second-order valence-corrected chi connectivity index (χ2v) is 7.89. The van der Waals surface area contributed by atoms with Gasteiger partial charge in [0.2, 0.25) is 0 Å². The SMILES string of the molecule is CCCCCCCC(CC(=O)CC(CCCCCC(C)=O)C(=O)OC)C(=O)OC. The number of carbonyl (C=O) groups is 4. The molecule has 0 aromatic heterocycles. The van der Waals surface area contributed by atoms with Crippen LogP contribution in [0.5, 0.6) is 0 Å². The minimum absolute atomic E-state index is 0.0860. The maximum atomic E-state index is 12.6. The summed E-state index contributed by atoms with van der Waals surface area (Å²) in [4.78, 5) is 47.6. The van der Waals surface area contributed by atoms with Gasteiger partial charge in [-0.1, -0.05) is 51.9 Å². The first-order chi connectivity index (χ1) is 13.8. The summed E-state index contributed by atoms with van der Waals surface area (Å²) in [6.07, 6.45) is 9.71. The number of hydrogen-bond acceptors (Lipinski definition) is 6. The molecule has 0 amide bonds. The zero-order chi connectivity index (χ0) is 22.1. The van der Waals surface area contributed by atoms with Gasteiger partial charge < -0.3 is 14.3 Å². The summed E-state index contributed by atoms with van der Waals surface area (Å²) in [5.74, 6) is -1.62. The second kappa shape index (κ2) is 17.2. The lowest BCUT2D eigenvalue weighted by atomic mass is 9.89. The third kappa shape index (κ3) is 14.0. The summed E-state index contributed by atoms with van der Waals surface area (Å²) < 4.78 is 9.71. The highest BCUT2D eigenvalue weighted by atomic mass is 16.5. The van der Waals surface area contributed by atoms with Gasteiger partial charge in [0, 0.05) is 19.3 Å². The van der Waals surface area contributed by atoms with Crippen molar-refractivity contribution in [1.82, 2.24) is 0 Å². The molecule has 6 nitrogen and oxygen atoms in total. The lowest BCUT2D eigenvalue weighted by Gasteiger charge is -2.17. The van der Waals surface area contributed by atoms with Crippen LogP contribution in [0.2, 0.25) is 0 Å². The van der Waals surface area contributed by atoms with Crippen LogP contribution in [0.25, 0.3) is 0 Å². The molecule has 0 rings (SSSR count). The molecule has 0 saturated carbocycles. The minimum Gasteiger partial charge on any atom is -0.469 e. The molecule has 0 bridgehead atoms. The van der Waals surface area contributed by atoms with Crippen molar-refractivity contribution in [3.05, 3.63) is 0 Å². The minimum atomic E-state index is -0.493. The van der Waals surface area contributed by atoms with Gasteiger partial charge in [-0.2, -0.15) is 0 Å². The van der Waals surface area contributed by atoms with Crippen LogP contribution in [-0.4, -0.2) is 37.7 Å². The van der Waals surface area contributed by atoms with E-state index in [1.165, 1.54) is 20.6 Å². The van der Waals surface area contributed by atoms with Crippen LogP contribution in [0.3, 0.4) is 0 Å². The molecule has 0 radical (unpaired) electrons. The predicted octanol–water partition coefficient (Wildman–Crippen LogP) is 4.81. The summed E-state index contributed by atoms with van der Waals surface area (Å²) in [6.45, 7) is 3.72. The van der Waals surface area contributed by atoms with E-state index < -0.39 is 11.8 Å². The molecule has 168 valence electrons. The lowest BCUT2D eigenvalue weighted by molar-refractivity contribution is -0.149. The van der Waals surface area contributed by atoms with E-state index in [1.807, 2.05) is 0 Å². The topological polar surface area (TPSA) is 86.7 Å². The number of Topliss-reactive ketones (excluding diaryl/α,β-unsaturated/α-hetero) is 2. The van der Waals surface area contributed by atoms with E-state index in [2.05, 4.69) is 6.92 Å². The summed E-state index contributed by atoms with van der Waals surface area (Å²) in [6, 6.07) is 0. The molecule has 2 atom stereocenters. The molecule has 2 unspecified atom stereocenters. The first-order valence-electron chi connectivity index (χ1n) is 11.0. The van der Waals surface area contributed by atoms with Crippen molar-refractivity contribution >= 4 is 23.5 Å². The Morgan fingerprint density at radius 3 is 1.55 bits per heavy atom. The lowest BCUT2D eigenvalue weighted by Crippen LogP contribution is -2.24. The van der Waals surface area contributed by atoms with Crippen molar-refractivity contribution in [3.8, 4) is 0 Å². The Balaban J connectivity index is 4.57. The fourth-order valence-electron chi connectivity index (χ4n) is 3.51. The van der Waals surface area contributed by atoms with Crippen LogP contribution in [0.1, 0.15) is 97.3 Å². The van der Waals surface area contributed by atoms with Crippen molar-refractivity contribution < 1.29 is 28.7 Å². The Morgan fingerprint density at radius 2 is 1.14 bits per heavy atom. The number of unbranched alkanes of at least 4 members (excludes halogenated alkanes) is 6. The molecule has 0 N–H and O–H groups in total. The summed E-state index contributed by atoms with van der Waals surface area (Å²) in [5.41, 5.74) is 0. The van der Waals surface area contributed by atoms with Gasteiger partial charge in [0.05, 0.1) is 26.1 Å². The zero-order valence-corrected chi connectivity index (χ0v) is 18.8. The third-order valence-corrected chi connectivity index (χ3v) is 5.25. The van der Waals surface area contributed by atoms with Gasteiger partial charge in [0.1, 0.15) is 11.6 Å². The van der Waals surface area contributed by atoms with E-state index in [9.17, 15) is 19.2 Å². The smallest absolute Gasteiger partial charge is 0.309 e. The molecule has 0 saturated heterocycles. The molecule has 0 aromatic rings. The molecule has 0 aliphatic rings.